The number of hydrogen-bond donors (Lipinski definition) is 0. The van der Waals surface area contributed by atoms with E-state index >= 15 is 0 Å². The third-order valence-electron chi connectivity index (χ3n) is 5.17. The Bertz CT molecular complexity index is 842. The second-order valence-corrected chi connectivity index (χ2v) is 6.90. The van der Waals surface area contributed by atoms with Crippen molar-refractivity contribution >= 4 is 5.91 Å². The Morgan fingerprint density at radius 2 is 1.46 bits per heavy atom. The van der Waals surface area contributed by atoms with Crippen molar-refractivity contribution in [2.24, 2.45) is 0 Å². The highest BCUT2D eigenvalue weighted by atomic mass is 16.2. The number of hydrogen-bond acceptors (Lipinski definition) is 2. The molecule has 0 saturated carbocycles. The fraction of sp³-hybridized carbons (Fsp3) is 0.304. The molecule has 0 saturated heterocycles. The van der Waals surface area contributed by atoms with Gasteiger partial charge in [0.05, 0.1) is 11.6 Å². The fourth-order valence-corrected chi connectivity index (χ4v) is 3.68. The van der Waals surface area contributed by atoms with Gasteiger partial charge in [-0.15, -0.1) is 0 Å². The zero-order chi connectivity index (χ0) is 18.7. The number of aryl methyl sites for hydroxylation is 1. The van der Waals surface area contributed by atoms with E-state index in [1.165, 1.54) is 5.56 Å². The summed E-state index contributed by atoms with van der Waals surface area (Å²) in [4.78, 5) is 13.5. The first-order valence-corrected chi connectivity index (χ1v) is 9.24. The number of nitrogens with zero attached hydrogens (tertiary/aromatic N) is 2. The monoisotopic (exact) mass is 346 g/mol. The fourth-order valence-electron chi connectivity index (χ4n) is 3.68. The zero-order valence-corrected chi connectivity index (χ0v) is 15.9. The predicted octanol–water partition coefficient (Wildman–Crippen LogP) is 5.49. The molecule has 3 heteroatoms. The second kappa shape index (κ2) is 7.69. The van der Waals surface area contributed by atoms with Gasteiger partial charge >= 0.3 is 0 Å². The molecular weight excluding hydrogens is 320 g/mol. The van der Waals surface area contributed by atoms with Gasteiger partial charge in [-0.2, -0.15) is 5.10 Å². The molecule has 26 heavy (non-hydrogen) atoms. The van der Waals surface area contributed by atoms with Crippen LogP contribution in [-0.2, 0) is 0 Å². The molecule has 3 rings (SSSR count). The van der Waals surface area contributed by atoms with Crippen LogP contribution < -0.4 is 0 Å². The van der Waals surface area contributed by atoms with E-state index in [4.69, 9.17) is 0 Å². The molecule has 0 spiro atoms. The van der Waals surface area contributed by atoms with Crippen molar-refractivity contribution in [3.05, 3.63) is 88.7 Å². The molecular formula is C23H26N2O. The molecule has 134 valence electrons. The van der Waals surface area contributed by atoms with E-state index in [1.54, 1.807) is 4.68 Å². The third kappa shape index (κ3) is 3.34. The lowest BCUT2D eigenvalue weighted by Gasteiger charge is -2.18. The number of carbonyl (C=O) groups is 1. The first-order valence-electron chi connectivity index (χ1n) is 9.24. The summed E-state index contributed by atoms with van der Waals surface area (Å²) in [7, 11) is 0. The molecule has 3 aromatic rings. The first-order chi connectivity index (χ1) is 12.5. The van der Waals surface area contributed by atoms with Gasteiger partial charge < -0.3 is 0 Å². The maximum Gasteiger partial charge on any atom is 0.259 e. The van der Waals surface area contributed by atoms with Gasteiger partial charge in [0.15, 0.2) is 0 Å². The summed E-state index contributed by atoms with van der Waals surface area (Å²) in [6, 6.07) is 19.9. The van der Waals surface area contributed by atoms with Gasteiger partial charge in [-0.25, -0.2) is 4.68 Å². The molecule has 1 unspecified atom stereocenters. The molecule has 0 bridgehead atoms. The Balaban J connectivity index is 2.10. The molecule has 1 heterocycles. The standard InChI is InChI=1S/C23H26N2O/c1-5-16(2)21-17(3)24-25(18(21)4)23(26)22(19-12-8-6-9-13-19)20-14-10-7-11-15-20/h6-16,22H,5H2,1-4H3. The number of rotatable bonds is 5. The molecule has 1 atom stereocenters. The Kier molecular flexibility index (Phi) is 5.36. The second-order valence-electron chi connectivity index (χ2n) is 6.90. The van der Waals surface area contributed by atoms with E-state index in [0.717, 1.165) is 28.9 Å². The van der Waals surface area contributed by atoms with Crippen LogP contribution in [0.5, 0.6) is 0 Å². The van der Waals surface area contributed by atoms with Gasteiger partial charge in [0.25, 0.3) is 5.91 Å². The van der Waals surface area contributed by atoms with E-state index in [2.05, 4.69) is 18.9 Å². The maximum atomic E-state index is 13.5. The minimum Gasteiger partial charge on any atom is -0.271 e. The molecule has 1 aromatic heterocycles. The Hall–Kier alpha value is -2.68. The van der Waals surface area contributed by atoms with Crippen LogP contribution in [0.3, 0.4) is 0 Å². The lowest BCUT2D eigenvalue weighted by atomic mass is 9.90. The topological polar surface area (TPSA) is 34.9 Å². The van der Waals surface area contributed by atoms with Crippen LogP contribution in [0.15, 0.2) is 60.7 Å². The Morgan fingerprint density at radius 1 is 0.962 bits per heavy atom. The van der Waals surface area contributed by atoms with Crippen molar-refractivity contribution < 1.29 is 4.79 Å². The molecule has 0 radical (unpaired) electrons. The highest BCUT2D eigenvalue weighted by molar-refractivity contribution is 5.89. The quantitative estimate of drug-likeness (QED) is 0.612. The highest BCUT2D eigenvalue weighted by Crippen LogP contribution is 2.30. The Labute approximate surface area is 155 Å². The van der Waals surface area contributed by atoms with Gasteiger partial charge in [0.2, 0.25) is 0 Å². The molecule has 0 aliphatic heterocycles. The molecule has 0 N–H and O–H groups in total. The van der Waals surface area contributed by atoms with Crippen molar-refractivity contribution in [2.75, 3.05) is 0 Å². The van der Waals surface area contributed by atoms with Crippen molar-refractivity contribution in [1.29, 1.82) is 0 Å². The van der Waals surface area contributed by atoms with Crippen LogP contribution in [0, 0.1) is 13.8 Å². The zero-order valence-electron chi connectivity index (χ0n) is 15.9. The van der Waals surface area contributed by atoms with Crippen LogP contribution in [0.4, 0.5) is 0 Å². The lowest BCUT2D eigenvalue weighted by molar-refractivity contribution is 0.0874. The van der Waals surface area contributed by atoms with Crippen molar-refractivity contribution in [3.63, 3.8) is 0 Å². The average Bonchev–Trinajstić information content (AvgIpc) is 2.97. The SMILES string of the molecule is CCC(C)c1c(C)nn(C(=O)C(c2ccccc2)c2ccccc2)c1C. The van der Waals surface area contributed by atoms with Crippen LogP contribution in [0.2, 0.25) is 0 Å². The van der Waals surface area contributed by atoms with E-state index < -0.39 is 0 Å². The molecule has 0 fully saturated rings. The Morgan fingerprint density at radius 3 is 1.92 bits per heavy atom. The van der Waals surface area contributed by atoms with Crippen molar-refractivity contribution in [2.45, 2.75) is 46.0 Å². The van der Waals surface area contributed by atoms with Gasteiger partial charge in [-0.1, -0.05) is 74.5 Å². The summed E-state index contributed by atoms with van der Waals surface area (Å²) in [5.41, 5.74) is 5.08. The molecule has 2 aromatic carbocycles. The minimum absolute atomic E-state index is 0.00227. The van der Waals surface area contributed by atoms with Gasteiger partial charge in [-0.05, 0) is 42.9 Å². The van der Waals surface area contributed by atoms with Crippen LogP contribution in [0.1, 0.15) is 65.0 Å². The summed E-state index contributed by atoms with van der Waals surface area (Å²) >= 11 is 0. The minimum atomic E-state index is -0.361. The van der Waals surface area contributed by atoms with Gasteiger partial charge in [0.1, 0.15) is 0 Å². The summed E-state index contributed by atoms with van der Waals surface area (Å²) in [6.07, 6.45) is 1.03. The largest absolute Gasteiger partial charge is 0.271 e. The lowest BCUT2D eigenvalue weighted by Crippen LogP contribution is -2.23. The summed E-state index contributed by atoms with van der Waals surface area (Å²) < 4.78 is 1.61. The summed E-state index contributed by atoms with van der Waals surface area (Å²) in [5, 5.41) is 4.62. The smallest absolute Gasteiger partial charge is 0.259 e. The van der Waals surface area contributed by atoms with Gasteiger partial charge in [-0.3, -0.25) is 4.79 Å². The molecule has 0 aliphatic carbocycles. The number of carbonyl (C=O) groups excluding carboxylic acids is 1. The van der Waals surface area contributed by atoms with E-state index in [-0.39, 0.29) is 11.8 Å². The van der Waals surface area contributed by atoms with Gasteiger partial charge in [0, 0.05) is 5.69 Å². The van der Waals surface area contributed by atoms with Crippen LogP contribution >= 0.6 is 0 Å². The number of benzene rings is 2. The first kappa shape index (κ1) is 18.1. The molecule has 3 nitrogen and oxygen atoms in total. The average molecular weight is 346 g/mol. The van der Waals surface area contributed by atoms with Crippen LogP contribution in [-0.4, -0.2) is 15.7 Å². The van der Waals surface area contributed by atoms with E-state index in [0.29, 0.717) is 5.92 Å². The molecule has 0 aliphatic rings. The van der Waals surface area contributed by atoms with Crippen molar-refractivity contribution in [3.8, 4) is 0 Å². The summed E-state index contributed by atoms with van der Waals surface area (Å²) in [6.45, 7) is 8.36. The predicted molar refractivity (Wildman–Crippen MR) is 106 cm³/mol. The highest BCUT2D eigenvalue weighted by Gasteiger charge is 2.28. The van der Waals surface area contributed by atoms with E-state index in [9.17, 15) is 4.79 Å². The van der Waals surface area contributed by atoms with E-state index in [1.807, 2.05) is 74.5 Å². The maximum absolute atomic E-state index is 13.5. The number of aromatic nitrogens is 2. The van der Waals surface area contributed by atoms with Crippen molar-refractivity contribution in [1.82, 2.24) is 9.78 Å². The third-order valence-corrected chi connectivity index (χ3v) is 5.17. The normalized spacial score (nSPS) is 12.3. The van der Waals surface area contributed by atoms with Crippen LogP contribution in [0.25, 0.3) is 0 Å². The summed E-state index contributed by atoms with van der Waals surface area (Å²) in [5.74, 6) is 0.0289. The molecule has 0 amide bonds.